The molecule has 0 saturated carbocycles. The first kappa shape index (κ1) is 10.2. The molecule has 2 nitrogen and oxygen atoms in total. The van der Waals surface area contributed by atoms with Crippen molar-refractivity contribution in [1.29, 1.82) is 0 Å². The topological polar surface area (TPSA) is 32.3 Å². The molecule has 0 bridgehead atoms. The molecule has 0 aliphatic heterocycles. The van der Waals surface area contributed by atoms with Gasteiger partial charge in [-0.1, -0.05) is 12.1 Å². The first-order valence-electron chi connectivity index (χ1n) is 4.29. The van der Waals surface area contributed by atoms with Crippen LogP contribution in [-0.4, -0.2) is 25.3 Å². The van der Waals surface area contributed by atoms with Crippen molar-refractivity contribution < 1.29 is 9.50 Å². The Hall–Kier alpha value is -0.930. The average Bonchev–Trinajstić information content (AvgIpc) is 2.16. The first-order chi connectivity index (χ1) is 6.27. The van der Waals surface area contributed by atoms with Crippen LogP contribution in [-0.2, 0) is 0 Å². The predicted octanol–water partition coefficient (Wildman–Crippen LogP) is 1.12. The summed E-state index contributed by atoms with van der Waals surface area (Å²) in [4.78, 5) is 0. The van der Waals surface area contributed by atoms with Crippen LogP contribution in [0.25, 0.3) is 0 Å². The van der Waals surface area contributed by atoms with E-state index in [1.54, 1.807) is 12.1 Å². The van der Waals surface area contributed by atoms with Gasteiger partial charge in [0.15, 0.2) is 0 Å². The molecule has 1 unspecified atom stereocenters. The van der Waals surface area contributed by atoms with Crippen molar-refractivity contribution in [2.24, 2.45) is 0 Å². The molecule has 0 aromatic heterocycles. The number of likely N-dealkylation sites (N-methyl/N-ethyl adjacent to an activating group) is 1. The SMILES string of the molecule is CNCC(CO)c1ccc(F)cc1. The smallest absolute Gasteiger partial charge is 0.123 e. The summed E-state index contributed by atoms with van der Waals surface area (Å²) in [6.45, 7) is 0.772. The quantitative estimate of drug-likeness (QED) is 0.733. The number of hydrogen-bond acceptors (Lipinski definition) is 2. The monoisotopic (exact) mass is 183 g/mol. The Balaban J connectivity index is 2.73. The highest BCUT2D eigenvalue weighted by Gasteiger charge is 2.08. The molecule has 0 amide bonds. The van der Waals surface area contributed by atoms with E-state index in [-0.39, 0.29) is 18.3 Å². The molecule has 0 aliphatic carbocycles. The van der Waals surface area contributed by atoms with E-state index in [0.717, 1.165) is 5.56 Å². The molecule has 0 saturated heterocycles. The van der Waals surface area contributed by atoms with E-state index in [1.165, 1.54) is 12.1 Å². The van der Waals surface area contributed by atoms with Crippen LogP contribution in [0.5, 0.6) is 0 Å². The van der Waals surface area contributed by atoms with Gasteiger partial charge in [-0.05, 0) is 24.7 Å². The van der Waals surface area contributed by atoms with E-state index in [1.807, 2.05) is 7.05 Å². The molecular formula is C10H14FNO. The predicted molar refractivity (Wildman–Crippen MR) is 50.2 cm³/mol. The van der Waals surface area contributed by atoms with Gasteiger partial charge in [0.25, 0.3) is 0 Å². The third-order valence-corrected chi connectivity index (χ3v) is 2.01. The van der Waals surface area contributed by atoms with E-state index in [9.17, 15) is 4.39 Å². The molecule has 0 spiro atoms. The fourth-order valence-electron chi connectivity index (χ4n) is 1.27. The van der Waals surface area contributed by atoms with Gasteiger partial charge >= 0.3 is 0 Å². The Morgan fingerprint density at radius 1 is 1.38 bits per heavy atom. The molecule has 0 aliphatic rings. The second-order valence-electron chi connectivity index (χ2n) is 2.99. The number of nitrogens with one attached hydrogen (secondary N) is 1. The normalized spacial score (nSPS) is 12.8. The van der Waals surface area contributed by atoms with E-state index >= 15 is 0 Å². The van der Waals surface area contributed by atoms with Gasteiger partial charge in [-0.3, -0.25) is 0 Å². The maximum atomic E-state index is 12.6. The summed E-state index contributed by atoms with van der Waals surface area (Å²) in [6, 6.07) is 6.22. The lowest BCUT2D eigenvalue weighted by atomic mass is 10.0. The van der Waals surface area contributed by atoms with Gasteiger partial charge in [0, 0.05) is 12.5 Å². The lowest BCUT2D eigenvalue weighted by molar-refractivity contribution is 0.263. The third-order valence-electron chi connectivity index (χ3n) is 2.01. The minimum Gasteiger partial charge on any atom is -0.396 e. The molecule has 3 heteroatoms. The van der Waals surface area contributed by atoms with Crippen molar-refractivity contribution in [2.75, 3.05) is 20.2 Å². The molecular weight excluding hydrogens is 169 g/mol. The molecule has 0 fully saturated rings. The van der Waals surface area contributed by atoms with Gasteiger partial charge in [0.05, 0.1) is 6.61 Å². The van der Waals surface area contributed by atoms with Crippen molar-refractivity contribution in [1.82, 2.24) is 5.32 Å². The van der Waals surface area contributed by atoms with Crippen molar-refractivity contribution in [2.45, 2.75) is 5.92 Å². The van der Waals surface area contributed by atoms with Gasteiger partial charge < -0.3 is 10.4 Å². The van der Waals surface area contributed by atoms with E-state index in [4.69, 9.17) is 5.11 Å². The van der Waals surface area contributed by atoms with Crippen LogP contribution in [0.2, 0.25) is 0 Å². The van der Waals surface area contributed by atoms with Crippen molar-refractivity contribution in [3.63, 3.8) is 0 Å². The fourth-order valence-corrected chi connectivity index (χ4v) is 1.27. The Labute approximate surface area is 77.4 Å². The lowest BCUT2D eigenvalue weighted by Gasteiger charge is -2.13. The minimum absolute atomic E-state index is 0.0469. The van der Waals surface area contributed by atoms with Gasteiger partial charge in [-0.25, -0.2) is 4.39 Å². The Kier molecular flexibility index (Phi) is 3.86. The Bertz CT molecular complexity index is 248. The Morgan fingerprint density at radius 3 is 2.46 bits per heavy atom. The van der Waals surface area contributed by atoms with Crippen molar-refractivity contribution >= 4 is 0 Å². The number of aliphatic hydroxyl groups is 1. The fraction of sp³-hybridized carbons (Fsp3) is 0.400. The first-order valence-corrected chi connectivity index (χ1v) is 4.29. The molecule has 0 heterocycles. The third kappa shape index (κ3) is 2.79. The summed E-state index contributed by atoms with van der Waals surface area (Å²) >= 11 is 0. The highest BCUT2D eigenvalue weighted by molar-refractivity contribution is 5.20. The maximum Gasteiger partial charge on any atom is 0.123 e. The highest BCUT2D eigenvalue weighted by atomic mass is 19.1. The number of hydrogen-bond donors (Lipinski definition) is 2. The summed E-state index contributed by atoms with van der Waals surface area (Å²) in [5, 5.41) is 12.0. The van der Waals surface area contributed by atoms with Crippen molar-refractivity contribution in [3.05, 3.63) is 35.6 Å². The van der Waals surface area contributed by atoms with E-state index < -0.39 is 0 Å². The van der Waals surface area contributed by atoms with Gasteiger partial charge in [-0.15, -0.1) is 0 Å². The largest absolute Gasteiger partial charge is 0.396 e. The second-order valence-corrected chi connectivity index (χ2v) is 2.99. The van der Waals surface area contributed by atoms with E-state index in [2.05, 4.69) is 5.32 Å². The molecule has 13 heavy (non-hydrogen) atoms. The standard InChI is InChI=1S/C10H14FNO/c1-12-6-9(7-13)8-2-4-10(11)5-3-8/h2-5,9,12-13H,6-7H2,1H3. The summed E-state index contributed by atoms with van der Waals surface area (Å²) in [5.41, 5.74) is 0.957. The molecule has 1 aromatic carbocycles. The molecule has 2 N–H and O–H groups in total. The van der Waals surface area contributed by atoms with Crippen LogP contribution in [0.15, 0.2) is 24.3 Å². The zero-order valence-corrected chi connectivity index (χ0v) is 7.63. The molecule has 1 rings (SSSR count). The minimum atomic E-state index is -0.245. The number of aliphatic hydroxyl groups excluding tert-OH is 1. The molecule has 0 radical (unpaired) electrons. The Morgan fingerprint density at radius 2 is 2.00 bits per heavy atom. The number of rotatable bonds is 4. The van der Waals surface area contributed by atoms with Gasteiger partial charge in [-0.2, -0.15) is 0 Å². The zero-order chi connectivity index (χ0) is 9.68. The second kappa shape index (κ2) is 4.94. The molecule has 1 aromatic rings. The number of halogens is 1. The summed E-state index contributed by atoms with van der Waals surface area (Å²) < 4.78 is 12.6. The van der Waals surface area contributed by atoms with Gasteiger partial charge in [0.1, 0.15) is 5.82 Å². The summed E-state index contributed by atoms with van der Waals surface area (Å²) in [5.74, 6) is -0.199. The van der Waals surface area contributed by atoms with Crippen LogP contribution in [0.3, 0.4) is 0 Å². The average molecular weight is 183 g/mol. The van der Waals surface area contributed by atoms with Crippen LogP contribution in [0.1, 0.15) is 11.5 Å². The van der Waals surface area contributed by atoms with Crippen LogP contribution < -0.4 is 5.32 Å². The van der Waals surface area contributed by atoms with Crippen LogP contribution in [0, 0.1) is 5.82 Å². The molecule has 1 atom stereocenters. The summed E-state index contributed by atoms with van der Waals surface area (Å²) in [7, 11) is 1.83. The van der Waals surface area contributed by atoms with Crippen molar-refractivity contribution in [3.8, 4) is 0 Å². The summed E-state index contributed by atoms with van der Waals surface area (Å²) in [6.07, 6.45) is 0. The molecule has 72 valence electrons. The van der Waals surface area contributed by atoms with E-state index in [0.29, 0.717) is 6.54 Å². The maximum absolute atomic E-state index is 12.6. The van der Waals surface area contributed by atoms with Crippen LogP contribution >= 0.6 is 0 Å². The lowest BCUT2D eigenvalue weighted by Crippen LogP contribution is -2.19. The highest BCUT2D eigenvalue weighted by Crippen LogP contribution is 2.14. The number of benzene rings is 1. The zero-order valence-electron chi connectivity index (χ0n) is 7.63. The van der Waals surface area contributed by atoms with Crippen LogP contribution in [0.4, 0.5) is 4.39 Å². The van der Waals surface area contributed by atoms with Gasteiger partial charge in [0.2, 0.25) is 0 Å².